The van der Waals surface area contributed by atoms with E-state index in [1.165, 1.54) is 23.8 Å². The lowest BCUT2D eigenvalue weighted by atomic mass is 10.1. The number of rotatable bonds is 6. The van der Waals surface area contributed by atoms with Gasteiger partial charge in [0.2, 0.25) is 11.7 Å². The van der Waals surface area contributed by atoms with Crippen LogP contribution in [0.15, 0.2) is 58.3 Å². The van der Waals surface area contributed by atoms with Gasteiger partial charge in [-0.1, -0.05) is 37.3 Å². The molecule has 0 saturated heterocycles. The van der Waals surface area contributed by atoms with Gasteiger partial charge >= 0.3 is 5.97 Å². The van der Waals surface area contributed by atoms with Crippen molar-refractivity contribution >= 4 is 45.0 Å². The summed E-state index contributed by atoms with van der Waals surface area (Å²) in [6, 6.07) is 15.3. The number of fused-ring (bicyclic) bond motifs is 1. The molecule has 0 atom stereocenters. The summed E-state index contributed by atoms with van der Waals surface area (Å²) in [7, 11) is 0. The number of ether oxygens (including phenoxy) is 1. The predicted octanol–water partition coefficient (Wildman–Crippen LogP) is 5.80. The van der Waals surface area contributed by atoms with Gasteiger partial charge in [0.25, 0.3) is 0 Å². The van der Waals surface area contributed by atoms with Gasteiger partial charge in [-0.25, -0.2) is 9.78 Å². The van der Waals surface area contributed by atoms with Gasteiger partial charge in [0, 0.05) is 23.3 Å². The number of benzene rings is 2. The van der Waals surface area contributed by atoms with Gasteiger partial charge < -0.3 is 9.15 Å². The number of aryl methyl sites for hydroxylation is 2. The molecule has 2 aromatic heterocycles. The summed E-state index contributed by atoms with van der Waals surface area (Å²) < 4.78 is 11.1. The second-order valence-electron chi connectivity index (χ2n) is 7.12. The molecule has 0 saturated carbocycles. The molecule has 0 radical (unpaired) electrons. The highest BCUT2D eigenvalue weighted by atomic mass is 32.1. The number of esters is 1. The molecule has 2 heterocycles. The molecule has 0 N–H and O–H groups in total. The number of furan rings is 1. The zero-order valence-electron chi connectivity index (χ0n) is 17.5. The van der Waals surface area contributed by atoms with Crippen molar-refractivity contribution in [1.29, 1.82) is 0 Å². The minimum Gasteiger partial charge on any atom is -0.453 e. The summed E-state index contributed by atoms with van der Waals surface area (Å²) in [5.74, 6) is -0.486. The second kappa shape index (κ2) is 8.73. The lowest BCUT2D eigenvalue weighted by Gasteiger charge is -2.18. The Bertz CT molecular complexity index is 1240. The van der Waals surface area contributed by atoms with Crippen molar-refractivity contribution in [2.75, 3.05) is 4.90 Å². The van der Waals surface area contributed by atoms with Crippen LogP contribution in [0.3, 0.4) is 0 Å². The summed E-state index contributed by atoms with van der Waals surface area (Å²) in [6.07, 6.45) is 0.928. The van der Waals surface area contributed by atoms with Crippen molar-refractivity contribution in [1.82, 2.24) is 4.98 Å². The van der Waals surface area contributed by atoms with Crippen LogP contribution in [0.2, 0.25) is 0 Å². The van der Waals surface area contributed by atoms with Gasteiger partial charge in [-0.05, 0) is 37.1 Å². The highest BCUT2D eigenvalue weighted by Gasteiger charge is 2.21. The molecule has 31 heavy (non-hydrogen) atoms. The molecule has 7 heteroatoms. The Morgan fingerprint density at radius 2 is 1.87 bits per heavy atom. The third-order valence-electron chi connectivity index (χ3n) is 5.03. The van der Waals surface area contributed by atoms with Crippen LogP contribution >= 0.6 is 11.3 Å². The normalized spacial score (nSPS) is 10.9. The first-order valence-electron chi connectivity index (χ1n) is 9.97. The largest absolute Gasteiger partial charge is 0.453 e. The minimum atomic E-state index is -0.540. The smallest absolute Gasteiger partial charge is 0.374 e. The van der Waals surface area contributed by atoms with Gasteiger partial charge in [-0.15, -0.1) is 11.3 Å². The van der Waals surface area contributed by atoms with Crippen LogP contribution < -0.4 is 4.90 Å². The maximum Gasteiger partial charge on any atom is 0.374 e. The zero-order chi connectivity index (χ0) is 22.0. The van der Waals surface area contributed by atoms with Crippen LogP contribution in [0.25, 0.3) is 11.0 Å². The van der Waals surface area contributed by atoms with Gasteiger partial charge in [-0.2, -0.15) is 0 Å². The van der Waals surface area contributed by atoms with Crippen molar-refractivity contribution in [3.8, 4) is 0 Å². The van der Waals surface area contributed by atoms with E-state index in [9.17, 15) is 9.59 Å². The van der Waals surface area contributed by atoms with E-state index in [-0.39, 0.29) is 18.3 Å². The first kappa shape index (κ1) is 20.8. The number of hydrogen-bond acceptors (Lipinski definition) is 6. The molecule has 158 valence electrons. The third-order valence-corrected chi connectivity index (χ3v) is 5.90. The molecular formula is C24H22N2O4S. The van der Waals surface area contributed by atoms with Crippen LogP contribution in [0, 0.1) is 6.92 Å². The van der Waals surface area contributed by atoms with E-state index >= 15 is 0 Å². The Labute approximate surface area is 184 Å². The van der Waals surface area contributed by atoms with Gasteiger partial charge in [0.05, 0.1) is 11.4 Å². The second-order valence-corrected chi connectivity index (χ2v) is 7.96. The predicted molar refractivity (Wildman–Crippen MR) is 121 cm³/mol. The van der Waals surface area contributed by atoms with Crippen molar-refractivity contribution in [3.63, 3.8) is 0 Å². The third kappa shape index (κ3) is 4.22. The number of carbonyl (C=O) groups excluding carboxylic acids is 2. The number of amides is 1. The van der Waals surface area contributed by atoms with Gasteiger partial charge in [-0.3, -0.25) is 9.69 Å². The highest BCUT2D eigenvalue weighted by molar-refractivity contribution is 7.14. The summed E-state index contributed by atoms with van der Waals surface area (Å²) in [4.78, 5) is 30.9. The fourth-order valence-electron chi connectivity index (χ4n) is 3.35. The van der Waals surface area contributed by atoms with Crippen LogP contribution in [0.4, 0.5) is 10.8 Å². The van der Waals surface area contributed by atoms with E-state index in [2.05, 4.69) is 11.9 Å². The van der Waals surface area contributed by atoms with Crippen LogP contribution in [-0.4, -0.2) is 16.9 Å². The Balaban J connectivity index is 1.49. The minimum absolute atomic E-state index is 0.00760. The standard InChI is InChI=1S/C24H22N2O4S/c1-4-17-9-11-19(12-10-17)26(16(3)27)24-25-18(14-31-24)13-29-23(28)22-15(2)20-7-5-6-8-21(20)30-22/h5-12,14H,4,13H2,1-3H3. The SMILES string of the molecule is CCc1ccc(N(C(C)=O)c2nc(COC(=O)c3oc4ccccc4c3C)cs2)cc1. The molecule has 0 aliphatic carbocycles. The van der Waals surface area contributed by atoms with Crippen LogP contribution in [0.5, 0.6) is 0 Å². The summed E-state index contributed by atoms with van der Waals surface area (Å²) in [5, 5.41) is 3.20. The summed E-state index contributed by atoms with van der Waals surface area (Å²) >= 11 is 1.32. The zero-order valence-corrected chi connectivity index (χ0v) is 18.4. The summed E-state index contributed by atoms with van der Waals surface area (Å²) in [6.45, 7) is 5.41. The van der Waals surface area contributed by atoms with Crippen molar-refractivity contribution in [2.24, 2.45) is 0 Å². The molecule has 1 amide bonds. The topological polar surface area (TPSA) is 72.6 Å². The molecule has 4 aromatic rings. The number of carbonyl (C=O) groups is 2. The number of para-hydroxylation sites is 1. The van der Waals surface area contributed by atoms with E-state index in [0.717, 1.165) is 23.1 Å². The monoisotopic (exact) mass is 434 g/mol. The van der Waals surface area contributed by atoms with E-state index < -0.39 is 5.97 Å². The molecule has 0 unspecified atom stereocenters. The fourth-order valence-corrected chi connectivity index (χ4v) is 4.22. The van der Waals surface area contributed by atoms with E-state index in [4.69, 9.17) is 9.15 Å². The van der Waals surface area contributed by atoms with Crippen molar-refractivity contribution < 1.29 is 18.7 Å². The number of anilines is 2. The molecule has 2 aromatic carbocycles. The van der Waals surface area contributed by atoms with Gasteiger partial charge in [0.1, 0.15) is 12.2 Å². The molecular weight excluding hydrogens is 412 g/mol. The maximum absolute atomic E-state index is 12.5. The Kier molecular flexibility index (Phi) is 5.86. The Hall–Kier alpha value is -3.45. The number of hydrogen-bond donors (Lipinski definition) is 0. The molecule has 0 fully saturated rings. The van der Waals surface area contributed by atoms with Crippen LogP contribution in [-0.2, 0) is 22.6 Å². The molecule has 4 rings (SSSR count). The van der Waals surface area contributed by atoms with Crippen molar-refractivity contribution in [3.05, 3.63) is 76.5 Å². The number of thiazole rings is 1. The van der Waals surface area contributed by atoms with E-state index in [0.29, 0.717) is 16.4 Å². The first-order valence-corrected chi connectivity index (χ1v) is 10.8. The molecule has 0 aliphatic rings. The van der Waals surface area contributed by atoms with Crippen molar-refractivity contribution in [2.45, 2.75) is 33.8 Å². The molecule has 6 nitrogen and oxygen atoms in total. The number of aromatic nitrogens is 1. The van der Waals surface area contributed by atoms with Gasteiger partial charge in [0.15, 0.2) is 5.13 Å². The summed E-state index contributed by atoms with van der Waals surface area (Å²) in [5.41, 5.74) is 3.91. The Morgan fingerprint density at radius 3 is 2.55 bits per heavy atom. The van der Waals surface area contributed by atoms with E-state index in [1.807, 2.05) is 55.5 Å². The number of nitrogens with zero attached hydrogens (tertiary/aromatic N) is 2. The lowest BCUT2D eigenvalue weighted by molar-refractivity contribution is -0.115. The fraction of sp³-hybridized carbons (Fsp3) is 0.208. The first-order chi connectivity index (χ1) is 15.0. The van der Waals surface area contributed by atoms with E-state index in [1.54, 1.807) is 10.3 Å². The molecule has 0 spiro atoms. The maximum atomic E-state index is 12.5. The quantitative estimate of drug-likeness (QED) is 0.359. The van der Waals surface area contributed by atoms with Crippen LogP contribution in [0.1, 0.15) is 41.2 Å². The lowest BCUT2D eigenvalue weighted by Crippen LogP contribution is -2.22. The highest BCUT2D eigenvalue weighted by Crippen LogP contribution is 2.30. The molecule has 0 aliphatic heterocycles. The average molecular weight is 435 g/mol. The Morgan fingerprint density at radius 1 is 1.13 bits per heavy atom. The molecule has 0 bridgehead atoms. The average Bonchev–Trinajstić information content (AvgIpc) is 3.37.